The molecule has 1 aliphatic rings. The zero-order valence-corrected chi connectivity index (χ0v) is 13.2. The highest BCUT2D eigenvalue weighted by Crippen LogP contribution is 2.31. The summed E-state index contributed by atoms with van der Waals surface area (Å²) in [6.45, 7) is 5.06. The van der Waals surface area contributed by atoms with Crippen molar-refractivity contribution >= 4 is 11.6 Å². The Morgan fingerprint density at radius 2 is 2.23 bits per heavy atom. The number of carbonyl (C=O) groups is 1. The second-order valence-electron chi connectivity index (χ2n) is 6.26. The monoisotopic (exact) mass is 307 g/mol. The zero-order valence-electron chi connectivity index (χ0n) is 13.2. The molecule has 2 rings (SSSR count). The van der Waals surface area contributed by atoms with E-state index in [-0.39, 0.29) is 18.1 Å². The molecule has 0 bridgehead atoms. The minimum Gasteiger partial charge on any atom is -0.490 e. The van der Waals surface area contributed by atoms with Crippen LogP contribution in [0, 0.1) is 0 Å². The molecule has 1 unspecified atom stereocenters. The van der Waals surface area contributed by atoms with Crippen LogP contribution in [0.3, 0.4) is 0 Å². The number of aliphatic hydroxyl groups excluding tert-OH is 1. The van der Waals surface area contributed by atoms with Crippen molar-refractivity contribution in [1.82, 2.24) is 5.32 Å². The van der Waals surface area contributed by atoms with Gasteiger partial charge in [-0.25, -0.2) is 0 Å². The third kappa shape index (κ3) is 4.43. The molecule has 0 aromatic heterocycles. The molecule has 0 aliphatic carbocycles. The summed E-state index contributed by atoms with van der Waals surface area (Å²) in [5, 5.41) is 16.1. The van der Waals surface area contributed by atoms with Gasteiger partial charge in [-0.05, 0) is 32.4 Å². The van der Waals surface area contributed by atoms with Crippen LogP contribution in [0.5, 0.6) is 5.75 Å². The fraction of sp³-hybridized carbons (Fsp3) is 0.562. The highest BCUT2D eigenvalue weighted by atomic mass is 16.5. The number of nitrogens with one attached hydrogen (secondary N) is 2. The quantitative estimate of drug-likeness (QED) is 0.593. The number of ether oxygens (including phenoxy) is 1. The van der Waals surface area contributed by atoms with E-state index >= 15 is 0 Å². The van der Waals surface area contributed by atoms with E-state index in [0.717, 1.165) is 17.0 Å². The Bertz CT molecular complexity index is 531. The standard InChI is InChI=1S/C16H25N3O3/c1-16(2,10-17)18-8-11(20)9-22-14-5-3-4-13-12(14)6-7-15(21)19-13/h3-5,11,18,20H,6-10,17H2,1-2H3,(H,19,21). The molecule has 1 aromatic rings. The van der Waals surface area contributed by atoms with Crippen molar-refractivity contribution < 1.29 is 14.6 Å². The van der Waals surface area contributed by atoms with E-state index in [0.29, 0.717) is 25.9 Å². The van der Waals surface area contributed by atoms with Crippen LogP contribution in [0.4, 0.5) is 5.69 Å². The van der Waals surface area contributed by atoms with Gasteiger partial charge in [0, 0.05) is 36.3 Å². The first-order valence-corrected chi connectivity index (χ1v) is 7.59. The van der Waals surface area contributed by atoms with E-state index in [4.69, 9.17) is 10.5 Å². The Morgan fingerprint density at radius 1 is 1.45 bits per heavy atom. The number of anilines is 1. The molecule has 1 aromatic carbocycles. The highest BCUT2D eigenvalue weighted by Gasteiger charge is 2.20. The number of rotatable bonds is 7. The lowest BCUT2D eigenvalue weighted by molar-refractivity contribution is -0.116. The van der Waals surface area contributed by atoms with Crippen LogP contribution >= 0.6 is 0 Å². The lowest BCUT2D eigenvalue weighted by Crippen LogP contribution is -2.49. The van der Waals surface area contributed by atoms with Gasteiger partial charge in [-0.1, -0.05) is 6.07 Å². The Labute approximate surface area is 131 Å². The first-order valence-electron chi connectivity index (χ1n) is 7.59. The van der Waals surface area contributed by atoms with Crippen molar-refractivity contribution in [2.45, 2.75) is 38.3 Å². The Morgan fingerprint density at radius 3 is 2.95 bits per heavy atom. The topological polar surface area (TPSA) is 96.6 Å². The molecule has 22 heavy (non-hydrogen) atoms. The number of β-amino-alcohol motifs (C(OH)–C–C–N with tert-alkyl or cyclic N) is 1. The summed E-state index contributed by atoms with van der Waals surface area (Å²) in [7, 11) is 0. The number of hydrogen-bond acceptors (Lipinski definition) is 5. The minimum absolute atomic E-state index is 0.0258. The lowest BCUT2D eigenvalue weighted by atomic mass is 10.0. The van der Waals surface area contributed by atoms with Gasteiger partial charge < -0.3 is 26.2 Å². The first-order chi connectivity index (χ1) is 10.4. The molecular formula is C16H25N3O3. The molecule has 0 saturated heterocycles. The summed E-state index contributed by atoms with van der Waals surface area (Å²) in [6.07, 6.45) is 0.494. The molecule has 6 nitrogen and oxygen atoms in total. The van der Waals surface area contributed by atoms with Crippen LogP contribution in [0.2, 0.25) is 0 Å². The van der Waals surface area contributed by atoms with E-state index in [2.05, 4.69) is 10.6 Å². The van der Waals surface area contributed by atoms with Gasteiger partial charge in [-0.2, -0.15) is 0 Å². The van der Waals surface area contributed by atoms with Gasteiger partial charge in [-0.15, -0.1) is 0 Å². The number of carbonyl (C=O) groups excluding carboxylic acids is 1. The molecular weight excluding hydrogens is 282 g/mol. The summed E-state index contributed by atoms with van der Waals surface area (Å²) in [5.74, 6) is 0.743. The van der Waals surface area contributed by atoms with Crippen LogP contribution < -0.4 is 21.1 Å². The van der Waals surface area contributed by atoms with E-state index in [1.54, 1.807) is 0 Å². The van der Waals surface area contributed by atoms with Gasteiger partial charge in [0.1, 0.15) is 18.5 Å². The Balaban J connectivity index is 1.89. The molecule has 1 heterocycles. The van der Waals surface area contributed by atoms with Crippen LogP contribution in [-0.2, 0) is 11.2 Å². The molecule has 1 amide bonds. The number of aliphatic hydroxyl groups is 1. The molecule has 0 radical (unpaired) electrons. The van der Waals surface area contributed by atoms with Gasteiger partial charge >= 0.3 is 0 Å². The average molecular weight is 307 g/mol. The molecule has 122 valence electrons. The molecule has 1 atom stereocenters. The molecule has 6 heteroatoms. The predicted molar refractivity (Wildman–Crippen MR) is 86.0 cm³/mol. The number of amides is 1. The molecule has 1 aliphatic heterocycles. The Kier molecular flexibility index (Phi) is 5.39. The van der Waals surface area contributed by atoms with E-state index < -0.39 is 6.10 Å². The normalized spacial score (nSPS) is 15.9. The summed E-state index contributed by atoms with van der Waals surface area (Å²) < 4.78 is 5.73. The van der Waals surface area contributed by atoms with Crippen LogP contribution in [0.1, 0.15) is 25.8 Å². The van der Waals surface area contributed by atoms with Crippen LogP contribution in [-0.4, -0.2) is 42.4 Å². The largest absolute Gasteiger partial charge is 0.490 e. The van der Waals surface area contributed by atoms with Crippen molar-refractivity contribution in [3.8, 4) is 5.75 Å². The minimum atomic E-state index is -0.625. The first kappa shape index (κ1) is 16.7. The zero-order chi connectivity index (χ0) is 16.2. The van der Waals surface area contributed by atoms with E-state index in [1.165, 1.54) is 0 Å². The lowest BCUT2D eigenvalue weighted by Gasteiger charge is -2.26. The van der Waals surface area contributed by atoms with Crippen LogP contribution in [0.25, 0.3) is 0 Å². The summed E-state index contributed by atoms with van der Waals surface area (Å²) in [6, 6.07) is 5.56. The smallest absolute Gasteiger partial charge is 0.224 e. The maximum atomic E-state index is 11.4. The van der Waals surface area contributed by atoms with Crippen molar-refractivity contribution in [2.24, 2.45) is 5.73 Å². The molecule has 0 spiro atoms. The third-order valence-electron chi connectivity index (χ3n) is 3.77. The fourth-order valence-electron chi connectivity index (χ4n) is 2.24. The van der Waals surface area contributed by atoms with Crippen molar-refractivity contribution in [3.05, 3.63) is 23.8 Å². The second kappa shape index (κ2) is 7.09. The van der Waals surface area contributed by atoms with Crippen molar-refractivity contribution in [3.63, 3.8) is 0 Å². The molecule has 5 N–H and O–H groups in total. The van der Waals surface area contributed by atoms with Gasteiger partial charge in [0.15, 0.2) is 0 Å². The molecule has 0 saturated carbocycles. The molecule has 0 fully saturated rings. The second-order valence-corrected chi connectivity index (χ2v) is 6.26. The average Bonchev–Trinajstić information content (AvgIpc) is 2.50. The predicted octanol–water partition coefficient (Wildman–Crippen LogP) is 0.638. The summed E-state index contributed by atoms with van der Waals surface area (Å²) >= 11 is 0. The number of fused-ring (bicyclic) bond motifs is 1. The SMILES string of the molecule is CC(C)(CN)NCC(O)COc1cccc2c1CCC(=O)N2. The van der Waals surface area contributed by atoms with Crippen molar-refractivity contribution in [2.75, 3.05) is 25.0 Å². The van der Waals surface area contributed by atoms with Gasteiger partial charge in [0.25, 0.3) is 0 Å². The summed E-state index contributed by atoms with van der Waals surface area (Å²) in [5.41, 5.74) is 7.21. The van der Waals surface area contributed by atoms with Gasteiger partial charge in [0.2, 0.25) is 5.91 Å². The van der Waals surface area contributed by atoms with E-state index in [9.17, 15) is 9.90 Å². The highest BCUT2D eigenvalue weighted by molar-refractivity contribution is 5.94. The maximum Gasteiger partial charge on any atom is 0.224 e. The van der Waals surface area contributed by atoms with Gasteiger partial charge in [-0.3, -0.25) is 4.79 Å². The van der Waals surface area contributed by atoms with E-state index in [1.807, 2.05) is 32.0 Å². The van der Waals surface area contributed by atoms with Gasteiger partial charge in [0.05, 0.1) is 0 Å². The maximum absolute atomic E-state index is 11.4. The number of hydrogen-bond donors (Lipinski definition) is 4. The fourth-order valence-corrected chi connectivity index (χ4v) is 2.24. The number of benzene rings is 1. The van der Waals surface area contributed by atoms with Crippen molar-refractivity contribution in [1.29, 1.82) is 0 Å². The Hall–Kier alpha value is -1.63. The van der Waals surface area contributed by atoms with Crippen LogP contribution in [0.15, 0.2) is 18.2 Å². The third-order valence-corrected chi connectivity index (χ3v) is 3.77. The summed E-state index contributed by atoms with van der Waals surface area (Å²) in [4.78, 5) is 11.4. The number of nitrogens with two attached hydrogens (primary N) is 1.